The zero-order chi connectivity index (χ0) is 22.4. The third-order valence-corrected chi connectivity index (χ3v) is 5.42. The summed E-state index contributed by atoms with van der Waals surface area (Å²) in [4.78, 5) is 33.5. The monoisotopic (exact) mass is 482 g/mol. The minimum atomic E-state index is -0.520. The van der Waals surface area contributed by atoms with E-state index in [1.54, 1.807) is 6.07 Å². The Kier molecular flexibility index (Phi) is 9.46. The maximum absolute atomic E-state index is 11.5. The fourth-order valence-corrected chi connectivity index (χ4v) is 3.82. The number of rotatable bonds is 8. The highest BCUT2D eigenvalue weighted by molar-refractivity contribution is 6.32. The number of unbranched alkanes of at least 4 members (excludes halogenated alkanes) is 1. The highest BCUT2D eigenvalue weighted by atomic mass is 35.5. The summed E-state index contributed by atoms with van der Waals surface area (Å²) in [5, 5.41) is 17.3. The maximum atomic E-state index is 11.5. The van der Waals surface area contributed by atoms with Crippen molar-refractivity contribution in [3.05, 3.63) is 45.1 Å². The Morgan fingerprint density at radius 3 is 2.81 bits per heavy atom. The van der Waals surface area contributed by atoms with Gasteiger partial charge in [0.05, 0.1) is 4.92 Å². The summed E-state index contributed by atoms with van der Waals surface area (Å²) in [6, 6.07) is 6.58. The van der Waals surface area contributed by atoms with Crippen molar-refractivity contribution < 1.29 is 9.72 Å². The van der Waals surface area contributed by atoms with Gasteiger partial charge in [0.15, 0.2) is 0 Å². The molecule has 9 nitrogen and oxygen atoms in total. The molecule has 11 heteroatoms. The average Bonchev–Trinajstić information content (AvgIpc) is 2.73. The van der Waals surface area contributed by atoms with Gasteiger partial charge in [-0.2, -0.15) is 4.98 Å². The molecule has 2 heterocycles. The SMILES string of the molecule is CCCCc1cc(N2CCCC(NC(C)=O)C2)nc(Nc2ccc(Cl)c([N+](=O)[O-])c2)n1.Cl. The number of carbonyl (C=O) groups is 1. The van der Waals surface area contributed by atoms with Crippen LogP contribution in [0.4, 0.5) is 23.1 Å². The summed E-state index contributed by atoms with van der Waals surface area (Å²) in [5.41, 5.74) is 1.21. The number of halogens is 2. The number of nitro groups is 1. The molecular weight excluding hydrogens is 455 g/mol. The summed E-state index contributed by atoms with van der Waals surface area (Å²) in [5.74, 6) is 1.12. The molecule has 2 aromatic rings. The number of carbonyl (C=O) groups excluding carboxylic acids is 1. The van der Waals surface area contributed by atoms with Crippen molar-refractivity contribution in [1.82, 2.24) is 15.3 Å². The van der Waals surface area contributed by atoms with Gasteiger partial charge in [-0.1, -0.05) is 24.9 Å². The molecule has 174 valence electrons. The Hall–Kier alpha value is -2.65. The van der Waals surface area contributed by atoms with Crippen LogP contribution >= 0.6 is 24.0 Å². The minimum Gasteiger partial charge on any atom is -0.354 e. The van der Waals surface area contributed by atoms with Gasteiger partial charge in [-0.05, 0) is 37.8 Å². The zero-order valence-corrected chi connectivity index (χ0v) is 19.7. The Morgan fingerprint density at radius 2 is 2.12 bits per heavy atom. The average molecular weight is 483 g/mol. The second-order valence-corrected chi connectivity index (χ2v) is 8.09. The van der Waals surface area contributed by atoms with Crippen LogP contribution in [0, 0.1) is 10.1 Å². The molecule has 1 aliphatic heterocycles. The number of aromatic nitrogens is 2. The van der Waals surface area contributed by atoms with Gasteiger partial charge < -0.3 is 15.5 Å². The molecule has 0 radical (unpaired) electrons. The standard InChI is InChI=1S/C21H27ClN6O3.ClH/c1-3-4-6-15-12-20(27-10-5-7-17(13-27)23-14(2)29)26-21(24-15)25-16-8-9-18(22)19(11-16)28(30)31;/h8-9,11-12,17H,3-7,10,13H2,1-2H3,(H,23,29)(H,24,25,26);1H. The fourth-order valence-electron chi connectivity index (χ4n) is 3.64. The van der Waals surface area contributed by atoms with Gasteiger partial charge in [-0.25, -0.2) is 4.98 Å². The Bertz CT molecular complexity index is 959. The maximum Gasteiger partial charge on any atom is 0.289 e. The first-order valence-corrected chi connectivity index (χ1v) is 10.8. The lowest BCUT2D eigenvalue weighted by molar-refractivity contribution is -0.384. The van der Waals surface area contributed by atoms with Gasteiger partial charge in [0, 0.05) is 49.6 Å². The normalized spacial score (nSPS) is 15.6. The van der Waals surface area contributed by atoms with E-state index in [9.17, 15) is 14.9 Å². The van der Waals surface area contributed by atoms with E-state index in [0.717, 1.165) is 50.2 Å². The van der Waals surface area contributed by atoms with E-state index in [0.29, 0.717) is 18.2 Å². The van der Waals surface area contributed by atoms with Crippen LogP contribution in [0.5, 0.6) is 0 Å². The van der Waals surface area contributed by atoms with Crippen molar-refractivity contribution in [1.29, 1.82) is 0 Å². The number of benzene rings is 1. The van der Waals surface area contributed by atoms with Gasteiger partial charge in [-0.15, -0.1) is 12.4 Å². The van der Waals surface area contributed by atoms with Crippen molar-refractivity contribution in [2.45, 2.75) is 52.0 Å². The van der Waals surface area contributed by atoms with Gasteiger partial charge in [0.2, 0.25) is 11.9 Å². The molecule has 2 N–H and O–H groups in total. The quantitative estimate of drug-likeness (QED) is 0.415. The van der Waals surface area contributed by atoms with Crippen LogP contribution in [0.15, 0.2) is 24.3 Å². The number of nitro benzene ring substituents is 1. The summed E-state index contributed by atoms with van der Waals surface area (Å²) in [6.45, 7) is 5.17. The van der Waals surface area contributed by atoms with Crippen LogP contribution in [0.1, 0.15) is 45.2 Å². The van der Waals surface area contributed by atoms with Crippen LogP contribution < -0.4 is 15.5 Å². The molecule has 1 aromatic carbocycles. The number of nitrogens with zero attached hydrogens (tertiary/aromatic N) is 4. The second kappa shape index (κ2) is 11.8. The van der Waals surface area contributed by atoms with E-state index in [1.165, 1.54) is 19.1 Å². The highest BCUT2D eigenvalue weighted by Crippen LogP contribution is 2.29. The Labute approximate surface area is 198 Å². The van der Waals surface area contributed by atoms with Gasteiger partial charge in [0.1, 0.15) is 10.8 Å². The first-order valence-electron chi connectivity index (χ1n) is 10.5. The van der Waals surface area contributed by atoms with Crippen molar-refractivity contribution in [2.24, 2.45) is 0 Å². The Morgan fingerprint density at radius 1 is 1.34 bits per heavy atom. The lowest BCUT2D eigenvalue weighted by Crippen LogP contribution is -2.47. The second-order valence-electron chi connectivity index (χ2n) is 7.68. The number of piperidine rings is 1. The van der Waals surface area contributed by atoms with Crippen molar-refractivity contribution in [3.8, 4) is 0 Å². The molecule has 0 spiro atoms. The molecule has 1 amide bonds. The van der Waals surface area contributed by atoms with E-state index in [4.69, 9.17) is 11.6 Å². The third kappa shape index (κ3) is 6.93. The predicted octanol–water partition coefficient (Wildman–Crippen LogP) is 4.65. The van der Waals surface area contributed by atoms with Crippen LogP contribution in [0.25, 0.3) is 0 Å². The van der Waals surface area contributed by atoms with Crippen molar-refractivity contribution in [3.63, 3.8) is 0 Å². The summed E-state index contributed by atoms with van der Waals surface area (Å²) >= 11 is 5.92. The van der Waals surface area contributed by atoms with Gasteiger partial charge >= 0.3 is 0 Å². The van der Waals surface area contributed by atoms with E-state index in [1.807, 2.05) is 6.07 Å². The smallest absolute Gasteiger partial charge is 0.289 e. The Balaban J connectivity index is 0.00000363. The lowest BCUT2D eigenvalue weighted by atomic mass is 10.1. The molecule has 1 saturated heterocycles. The van der Waals surface area contributed by atoms with Crippen molar-refractivity contribution in [2.75, 3.05) is 23.3 Å². The molecule has 1 unspecified atom stereocenters. The molecule has 1 aromatic heterocycles. The summed E-state index contributed by atoms with van der Waals surface area (Å²) in [6.07, 6.45) is 4.73. The first kappa shape index (κ1) is 25.6. The molecule has 1 atom stereocenters. The molecule has 3 rings (SSSR count). The number of anilines is 3. The highest BCUT2D eigenvalue weighted by Gasteiger charge is 2.22. The van der Waals surface area contributed by atoms with E-state index in [-0.39, 0.29) is 35.1 Å². The molecule has 0 bridgehead atoms. The van der Waals surface area contributed by atoms with Crippen LogP contribution in [0.3, 0.4) is 0 Å². The zero-order valence-electron chi connectivity index (χ0n) is 18.1. The van der Waals surface area contributed by atoms with Crippen molar-refractivity contribution >= 4 is 53.1 Å². The van der Waals surface area contributed by atoms with Crippen LogP contribution in [-0.4, -0.2) is 39.9 Å². The van der Waals surface area contributed by atoms with Crippen LogP contribution in [-0.2, 0) is 11.2 Å². The number of hydrogen-bond acceptors (Lipinski definition) is 7. The topological polar surface area (TPSA) is 113 Å². The summed E-state index contributed by atoms with van der Waals surface area (Å²) in [7, 11) is 0. The predicted molar refractivity (Wildman–Crippen MR) is 128 cm³/mol. The molecular formula is C21H28Cl2N6O3. The largest absolute Gasteiger partial charge is 0.354 e. The fraction of sp³-hybridized carbons (Fsp3) is 0.476. The van der Waals surface area contributed by atoms with E-state index >= 15 is 0 Å². The van der Waals surface area contributed by atoms with E-state index in [2.05, 4.69) is 32.4 Å². The van der Waals surface area contributed by atoms with Gasteiger partial charge in [-0.3, -0.25) is 14.9 Å². The minimum absolute atomic E-state index is 0. The van der Waals surface area contributed by atoms with E-state index < -0.39 is 4.92 Å². The molecule has 0 aliphatic carbocycles. The number of nitrogens with one attached hydrogen (secondary N) is 2. The summed E-state index contributed by atoms with van der Waals surface area (Å²) < 4.78 is 0. The van der Waals surface area contributed by atoms with Gasteiger partial charge in [0.25, 0.3) is 5.69 Å². The lowest BCUT2D eigenvalue weighted by Gasteiger charge is -2.34. The molecule has 1 aliphatic rings. The molecule has 32 heavy (non-hydrogen) atoms. The third-order valence-electron chi connectivity index (χ3n) is 5.10. The first-order chi connectivity index (χ1) is 14.9. The number of hydrogen-bond donors (Lipinski definition) is 2. The number of aryl methyl sites for hydroxylation is 1. The molecule has 1 fully saturated rings. The molecule has 0 saturated carbocycles. The number of amides is 1. The van der Waals surface area contributed by atoms with Crippen LogP contribution in [0.2, 0.25) is 5.02 Å².